The van der Waals surface area contributed by atoms with Crippen LogP contribution in [0.5, 0.6) is 0 Å². The van der Waals surface area contributed by atoms with Crippen molar-refractivity contribution in [1.82, 2.24) is 0 Å². The second-order valence-electron chi connectivity index (χ2n) is 10.1. The van der Waals surface area contributed by atoms with E-state index in [4.69, 9.17) is 9.16 Å². The number of esters is 1. The third kappa shape index (κ3) is 15.3. The van der Waals surface area contributed by atoms with Crippen LogP contribution in [0, 0.1) is 23.7 Å². The lowest BCUT2D eigenvalue weighted by molar-refractivity contribution is -0.142. The molecule has 0 radical (unpaired) electrons. The molecule has 0 aliphatic carbocycles. The van der Waals surface area contributed by atoms with Crippen molar-refractivity contribution in [3.63, 3.8) is 0 Å². The summed E-state index contributed by atoms with van der Waals surface area (Å²) < 4.78 is 11.9. The maximum Gasteiger partial charge on any atom is 0.331 e. The Hall–Kier alpha value is -1.49. The van der Waals surface area contributed by atoms with Crippen LogP contribution in [-0.4, -0.2) is 26.5 Å². The van der Waals surface area contributed by atoms with Crippen LogP contribution < -0.4 is 0 Å². The van der Waals surface area contributed by atoms with Gasteiger partial charge in [0, 0.05) is 6.08 Å². The second-order valence-corrected chi connectivity index (χ2v) is 14.9. The van der Waals surface area contributed by atoms with Gasteiger partial charge in [0.05, 0.1) is 6.10 Å². The Balaban J connectivity index is 3.84. The molecule has 0 aliphatic heterocycles. The van der Waals surface area contributed by atoms with Gasteiger partial charge in [0.15, 0.2) is 8.32 Å². The van der Waals surface area contributed by atoms with Crippen LogP contribution in [0.1, 0.15) is 106 Å². The smallest absolute Gasteiger partial charge is 0.331 e. The molecule has 0 rings (SSSR count). The van der Waals surface area contributed by atoms with Crippen molar-refractivity contribution >= 4 is 14.3 Å². The van der Waals surface area contributed by atoms with Gasteiger partial charge in [-0.2, -0.15) is 0 Å². The van der Waals surface area contributed by atoms with E-state index in [0.717, 1.165) is 19.3 Å². The zero-order chi connectivity index (χ0) is 24.5. The summed E-state index contributed by atoms with van der Waals surface area (Å²) in [6, 6.07) is 0. The lowest BCUT2D eigenvalue weighted by atomic mass is 10.0. The molecule has 0 aromatic carbocycles. The topological polar surface area (TPSA) is 35.5 Å². The maximum atomic E-state index is 11.6. The lowest BCUT2D eigenvalue weighted by Gasteiger charge is -2.38. The highest BCUT2D eigenvalue weighted by Gasteiger charge is 2.38. The molecule has 0 spiro atoms. The first-order valence-corrected chi connectivity index (χ1v) is 15.3. The Morgan fingerprint density at radius 2 is 1.44 bits per heavy atom. The molecular formula is C28H48O3Si. The maximum absolute atomic E-state index is 11.6. The average Bonchev–Trinajstić information content (AvgIpc) is 2.68. The number of unbranched alkanes of at least 4 members (excludes halogenated alkanes) is 7. The number of hydrogen-bond donors (Lipinski definition) is 0. The quantitative estimate of drug-likeness (QED) is 0.0821. The first kappa shape index (κ1) is 30.5. The van der Waals surface area contributed by atoms with Crippen LogP contribution in [0.3, 0.4) is 0 Å². The Morgan fingerprint density at radius 3 is 1.94 bits per heavy atom. The lowest BCUT2D eigenvalue weighted by Crippen LogP contribution is -2.43. The fourth-order valence-corrected chi connectivity index (χ4v) is 4.41. The molecule has 0 aromatic heterocycles. The zero-order valence-corrected chi connectivity index (χ0v) is 23.1. The van der Waals surface area contributed by atoms with Gasteiger partial charge >= 0.3 is 5.97 Å². The van der Waals surface area contributed by atoms with Gasteiger partial charge in [0.2, 0.25) is 0 Å². The molecule has 2 atom stereocenters. The molecule has 0 saturated carbocycles. The van der Waals surface area contributed by atoms with E-state index in [1.807, 2.05) is 13.8 Å². The summed E-state index contributed by atoms with van der Waals surface area (Å²) in [6.45, 7) is 17.1. The molecular weight excluding hydrogens is 412 g/mol. The summed E-state index contributed by atoms with van der Waals surface area (Å²) in [6.07, 6.45) is 14.8. The molecule has 4 heteroatoms. The van der Waals surface area contributed by atoms with Crippen LogP contribution in [0.15, 0.2) is 12.2 Å². The number of rotatable bonds is 15. The highest BCUT2D eigenvalue weighted by molar-refractivity contribution is 6.74. The molecule has 0 N–H and O–H groups in total. The number of carbonyl (C=O) groups excluding carboxylic acids is 1. The number of hydrogen-bond acceptors (Lipinski definition) is 3. The van der Waals surface area contributed by atoms with Gasteiger partial charge in [-0.25, -0.2) is 4.79 Å². The van der Waals surface area contributed by atoms with Crippen molar-refractivity contribution in [2.75, 3.05) is 0 Å². The number of allylic oxidation sites excluding steroid dienone is 1. The summed E-state index contributed by atoms with van der Waals surface area (Å²) in [5.74, 6) is 11.5. The Labute approximate surface area is 200 Å². The second kappa shape index (κ2) is 17.0. The monoisotopic (exact) mass is 460 g/mol. The van der Waals surface area contributed by atoms with E-state index in [-0.39, 0.29) is 23.2 Å². The van der Waals surface area contributed by atoms with Gasteiger partial charge in [-0.15, -0.1) is 11.8 Å². The summed E-state index contributed by atoms with van der Waals surface area (Å²) in [7, 11) is -1.76. The SMILES string of the molecule is CC#C/C=C/C(=O)O[C@@H](C)CCCCCCCCCC[C@H](C#CC)O[Si](C)(C)C(C)(C)C. The van der Waals surface area contributed by atoms with Crippen LogP contribution >= 0.6 is 0 Å². The van der Waals surface area contributed by atoms with Crippen LogP contribution in [0.4, 0.5) is 0 Å². The van der Waals surface area contributed by atoms with Gasteiger partial charge in [0.25, 0.3) is 0 Å². The Kier molecular flexibility index (Phi) is 16.2. The van der Waals surface area contributed by atoms with E-state index >= 15 is 0 Å². The van der Waals surface area contributed by atoms with Crippen molar-refractivity contribution in [2.24, 2.45) is 0 Å². The molecule has 0 fully saturated rings. The van der Waals surface area contributed by atoms with Crippen molar-refractivity contribution in [2.45, 2.75) is 136 Å². The van der Waals surface area contributed by atoms with Crippen LogP contribution in [-0.2, 0) is 14.0 Å². The molecule has 0 aromatic rings. The minimum Gasteiger partial charge on any atom is -0.459 e. The molecule has 0 aliphatic rings. The first-order chi connectivity index (χ1) is 15.0. The molecule has 3 nitrogen and oxygen atoms in total. The number of carbonyl (C=O) groups is 1. The third-order valence-corrected chi connectivity index (χ3v) is 10.6. The standard InChI is InChI=1S/C28H48O3Si/c1-9-11-18-24-27(29)30-25(3)22-19-16-14-12-13-15-17-20-23-26(21-10-2)31-32(7,8)28(4,5)6/h18,24-26H,12-17,19-20,22-23H2,1-8H3/b24-18+/t25-,26-/m0/s1. The fraction of sp³-hybridized carbons (Fsp3) is 0.750. The third-order valence-electron chi connectivity index (χ3n) is 6.14. The van der Waals surface area contributed by atoms with E-state index in [1.165, 1.54) is 57.1 Å². The predicted octanol–water partition coefficient (Wildman–Crippen LogP) is 7.81. The summed E-state index contributed by atoms with van der Waals surface area (Å²) in [4.78, 5) is 11.6. The van der Waals surface area contributed by atoms with Gasteiger partial charge in [0.1, 0.15) is 6.10 Å². The van der Waals surface area contributed by atoms with E-state index in [1.54, 1.807) is 6.92 Å². The van der Waals surface area contributed by atoms with Crippen molar-refractivity contribution < 1.29 is 14.0 Å². The highest BCUT2D eigenvalue weighted by Crippen LogP contribution is 2.37. The summed E-state index contributed by atoms with van der Waals surface area (Å²) in [5.41, 5.74) is 0. The van der Waals surface area contributed by atoms with Crippen LogP contribution in [0.2, 0.25) is 18.1 Å². The molecule has 0 unspecified atom stereocenters. The van der Waals surface area contributed by atoms with Gasteiger partial charge in [-0.1, -0.05) is 71.1 Å². The molecule has 182 valence electrons. The molecule has 0 heterocycles. The van der Waals surface area contributed by atoms with Gasteiger partial charge in [-0.05, 0) is 70.7 Å². The number of ether oxygens (including phenoxy) is 1. The van der Waals surface area contributed by atoms with E-state index in [9.17, 15) is 4.79 Å². The predicted molar refractivity (Wildman–Crippen MR) is 140 cm³/mol. The van der Waals surface area contributed by atoms with Gasteiger partial charge in [-0.3, -0.25) is 0 Å². The van der Waals surface area contributed by atoms with E-state index in [2.05, 4.69) is 57.5 Å². The van der Waals surface area contributed by atoms with Crippen LogP contribution in [0.25, 0.3) is 0 Å². The minimum absolute atomic E-state index is 0.0329. The highest BCUT2D eigenvalue weighted by atomic mass is 28.4. The first-order valence-electron chi connectivity index (χ1n) is 12.4. The molecule has 32 heavy (non-hydrogen) atoms. The fourth-order valence-electron chi connectivity index (χ4n) is 3.17. The Bertz CT molecular complexity index is 665. The summed E-state index contributed by atoms with van der Waals surface area (Å²) in [5, 5.41) is 0.223. The molecule has 0 amide bonds. The molecule has 0 saturated heterocycles. The van der Waals surface area contributed by atoms with Crippen molar-refractivity contribution in [3.8, 4) is 23.7 Å². The minimum atomic E-state index is -1.76. The average molecular weight is 461 g/mol. The van der Waals surface area contributed by atoms with Gasteiger partial charge < -0.3 is 9.16 Å². The largest absolute Gasteiger partial charge is 0.459 e. The van der Waals surface area contributed by atoms with E-state index in [0.29, 0.717) is 0 Å². The van der Waals surface area contributed by atoms with E-state index < -0.39 is 8.32 Å². The van der Waals surface area contributed by atoms with Crippen molar-refractivity contribution in [1.29, 1.82) is 0 Å². The Morgan fingerprint density at radius 1 is 0.906 bits per heavy atom. The molecule has 0 bridgehead atoms. The summed E-state index contributed by atoms with van der Waals surface area (Å²) >= 11 is 0. The zero-order valence-electron chi connectivity index (χ0n) is 22.1. The normalized spacial score (nSPS) is 13.6. The van der Waals surface area contributed by atoms with Crippen molar-refractivity contribution in [3.05, 3.63) is 12.2 Å².